The molecule has 1 rings (SSSR count). The minimum atomic E-state index is -0.0799. The number of rotatable bonds is 0. The van der Waals surface area contributed by atoms with Crippen LogP contribution in [0.2, 0.25) is 0 Å². The van der Waals surface area contributed by atoms with Crippen LogP contribution >= 0.6 is 0 Å². The van der Waals surface area contributed by atoms with Gasteiger partial charge in [0.15, 0.2) is 0 Å². The molecule has 9 heavy (non-hydrogen) atoms. The monoisotopic (exact) mass is 124 g/mol. The summed E-state index contributed by atoms with van der Waals surface area (Å²) in [5.74, 6) is 0. The molecule has 1 aliphatic rings. The molecule has 0 saturated carbocycles. The molecule has 0 unspecified atom stereocenters. The highest BCUT2D eigenvalue weighted by molar-refractivity contribution is 5.71. The molecule has 0 amide bonds. The quantitative estimate of drug-likeness (QED) is 0.511. The van der Waals surface area contributed by atoms with Crippen molar-refractivity contribution in [3.8, 4) is 0 Å². The molecule has 0 saturated heterocycles. The van der Waals surface area contributed by atoms with Gasteiger partial charge >= 0.3 is 0 Å². The summed E-state index contributed by atoms with van der Waals surface area (Å²) in [4.78, 5) is 4.23. The highest BCUT2D eigenvalue weighted by Gasteiger charge is 2.12. The molecular formula is C7H12N2. The van der Waals surface area contributed by atoms with Crippen LogP contribution in [0.15, 0.2) is 17.1 Å². The molecule has 0 aliphatic carbocycles. The fraction of sp³-hybridized carbons (Fsp3) is 0.571. The van der Waals surface area contributed by atoms with E-state index < -0.39 is 0 Å². The van der Waals surface area contributed by atoms with E-state index in [1.54, 1.807) is 0 Å². The normalized spacial score (nSPS) is 23.8. The molecule has 1 N–H and O–H groups in total. The third-order valence-corrected chi connectivity index (χ3v) is 1.27. The highest BCUT2D eigenvalue weighted by atomic mass is 15.1. The fourth-order valence-corrected chi connectivity index (χ4v) is 0.713. The van der Waals surface area contributed by atoms with Crippen LogP contribution in [0.25, 0.3) is 0 Å². The minimum Gasteiger partial charge on any atom is -0.290 e. The van der Waals surface area contributed by atoms with Crippen molar-refractivity contribution in [1.82, 2.24) is 5.32 Å². The first-order valence-corrected chi connectivity index (χ1v) is 3.16. The highest BCUT2D eigenvalue weighted by Crippen LogP contribution is 2.03. The molecule has 0 radical (unpaired) electrons. The maximum atomic E-state index is 4.23. The van der Waals surface area contributed by atoms with E-state index in [0.717, 1.165) is 6.54 Å². The third-order valence-electron chi connectivity index (χ3n) is 1.27. The van der Waals surface area contributed by atoms with Crippen molar-refractivity contribution < 1.29 is 0 Å². The van der Waals surface area contributed by atoms with Crippen LogP contribution in [0, 0.1) is 0 Å². The predicted octanol–water partition coefficient (Wildman–Crippen LogP) is 0.953. The van der Waals surface area contributed by atoms with Gasteiger partial charge in [-0.05, 0) is 19.9 Å². The molecule has 0 spiro atoms. The van der Waals surface area contributed by atoms with Crippen molar-refractivity contribution in [1.29, 1.82) is 0 Å². The van der Waals surface area contributed by atoms with Crippen LogP contribution in [0.1, 0.15) is 13.8 Å². The number of hydrogen-bond acceptors (Lipinski definition) is 2. The van der Waals surface area contributed by atoms with Gasteiger partial charge in [-0.15, -0.1) is 0 Å². The third kappa shape index (κ3) is 1.98. The molecule has 2 nitrogen and oxygen atoms in total. The Kier molecular flexibility index (Phi) is 1.67. The molecule has 0 aromatic heterocycles. The van der Waals surface area contributed by atoms with Crippen LogP contribution < -0.4 is 5.32 Å². The lowest BCUT2D eigenvalue weighted by molar-refractivity contribution is 0.432. The first kappa shape index (κ1) is 6.49. The van der Waals surface area contributed by atoms with Crippen LogP contribution in [0.5, 0.6) is 0 Å². The maximum Gasteiger partial charge on any atom is 0.105 e. The molecule has 50 valence electrons. The summed E-state index contributed by atoms with van der Waals surface area (Å²) < 4.78 is 0. The van der Waals surface area contributed by atoms with Gasteiger partial charge in [-0.25, -0.2) is 0 Å². The Bertz CT molecular complexity index is 145. The van der Waals surface area contributed by atoms with E-state index in [9.17, 15) is 0 Å². The van der Waals surface area contributed by atoms with Crippen molar-refractivity contribution in [2.45, 2.75) is 19.5 Å². The number of nitrogens with zero attached hydrogens (tertiary/aromatic N) is 1. The predicted molar refractivity (Wildman–Crippen MR) is 39.7 cm³/mol. The number of aliphatic imine (C=N–C) groups is 1. The largest absolute Gasteiger partial charge is 0.290 e. The van der Waals surface area contributed by atoms with Crippen molar-refractivity contribution in [2.75, 3.05) is 6.54 Å². The first-order chi connectivity index (χ1) is 4.21. The van der Waals surface area contributed by atoms with Crippen LogP contribution in [-0.2, 0) is 0 Å². The summed E-state index contributed by atoms with van der Waals surface area (Å²) in [6.07, 6.45) is 5.85. The van der Waals surface area contributed by atoms with Crippen LogP contribution in [0.3, 0.4) is 0 Å². The lowest BCUT2D eigenvalue weighted by Gasteiger charge is -2.18. The Hall–Kier alpha value is -0.630. The van der Waals surface area contributed by atoms with E-state index in [0.29, 0.717) is 0 Å². The Labute approximate surface area is 55.7 Å². The van der Waals surface area contributed by atoms with Crippen molar-refractivity contribution in [3.05, 3.63) is 12.2 Å². The lowest BCUT2D eigenvalue weighted by atomic mass is 10.2. The van der Waals surface area contributed by atoms with Crippen molar-refractivity contribution in [2.24, 2.45) is 4.99 Å². The summed E-state index contributed by atoms with van der Waals surface area (Å²) in [6.45, 7) is 5.01. The topological polar surface area (TPSA) is 24.4 Å². The molecule has 0 aromatic rings. The van der Waals surface area contributed by atoms with E-state index in [1.807, 2.05) is 12.3 Å². The number of allylic oxidation sites excluding steroid dienone is 1. The van der Waals surface area contributed by atoms with Gasteiger partial charge < -0.3 is 0 Å². The summed E-state index contributed by atoms with van der Waals surface area (Å²) in [7, 11) is 0. The average Bonchev–Trinajstić information content (AvgIpc) is 1.92. The summed E-state index contributed by atoms with van der Waals surface area (Å²) in [6, 6.07) is 0. The Balaban J connectivity index is 2.62. The van der Waals surface area contributed by atoms with E-state index in [1.165, 1.54) is 0 Å². The Morgan fingerprint density at radius 2 is 2.33 bits per heavy atom. The summed E-state index contributed by atoms with van der Waals surface area (Å²) in [5.41, 5.74) is -0.0799. The van der Waals surface area contributed by atoms with E-state index in [2.05, 4.69) is 30.2 Å². The van der Waals surface area contributed by atoms with Gasteiger partial charge in [0.1, 0.15) is 5.66 Å². The molecule has 2 heteroatoms. The summed E-state index contributed by atoms with van der Waals surface area (Å²) >= 11 is 0. The van der Waals surface area contributed by atoms with Gasteiger partial charge in [0.2, 0.25) is 0 Å². The number of nitrogens with one attached hydrogen (secondary N) is 1. The molecule has 1 aliphatic heterocycles. The van der Waals surface area contributed by atoms with Gasteiger partial charge in [-0.3, -0.25) is 10.3 Å². The first-order valence-electron chi connectivity index (χ1n) is 3.16. The Morgan fingerprint density at radius 3 is 3.11 bits per heavy atom. The second-order valence-corrected chi connectivity index (χ2v) is 2.65. The minimum absolute atomic E-state index is 0.0799. The smallest absolute Gasteiger partial charge is 0.105 e. The van der Waals surface area contributed by atoms with Crippen molar-refractivity contribution >= 4 is 6.21 Å². The SMILES string of the molecule is CC1(C)N=CC=CCN1. The molecule has 0 fully saturated rings. The average molecular weight is 124 g/mol. The van der Waals surface area contributed by atoms with Gasteiger partial charge in [0, 0.05) is 12.8 Å². The van der Waals surface area contributed by atoms with Crippen molar-refractivity contribution in [3.63, 3.8) is 0 Å². The van der Waals surface area contributed by atoms with Crippen LogP contribution in [-0.4, -0.2) is 18.4 Å². The lowest BCUT2D eigenvalue weighted by Crippen LogP contribution is -2.36. The maximum absolute atomic E-state index is 4.23. The summed E-state index contributed by atoms with van der Waals surface area (Å²) in [5, 5.41) is 3.24. The molecule has 0 atom stereocenters. The standard InChI is InChI=1S/C7H12N2/c1-7(2)8-5-3-4-6-9-7/h3-5,9H,6H2,1-2H3. The molecule has 0 bridgehead atoms. The zero-order chi connectivity index (χ0) is 6.74. The van der Waals surface area contributed by atoms with E-state index in [4.69, 9.17) is 0 Å². The fourth-order valence-electron chi connectivity index (χ4n) is 0.713. The van der Waals surface area contributed by atoms with Gasteiger partial charge in [-0.1, -0.05) is 6.08 Å². The molecular weight excluding hydrogens is 112 g/mol. The second-order valence-electron chi connectivity index (χ2n) is 2.65. The Morgan fingerprint density at radius 1 is 1.56 bits per heavy atom. The van der Waals surface area contributed by atoms with Crippen LogP contribution in [0.4, 0.5) is 0 Å². The molecule has 0 aromatic carbocycles. The van der Waals surface area contributed by atoms with Gasteiger partial charge in [0.05, 0.1) is 0 Å². The zero-order valence-corrected chi connectivity index (χ0v) is 5.89. The van der Waals surface area contributed by atoms with E-state index in [-0.39, 0.29) is 5.66 Å². The second kappa shape index (κ2) is 2.31. The number of hydrogen-bond donors (Lipinski definition) is 1. The zero-order valence-electron chi connectivity index (χ0n) is 5.89. The van der Waals surface area contributed by atoms with Gasteiger partial charge in [0.25, 0.3) is 0 Å². The van der Waals surface area contributed by atoms with Gasteiger partial charge in [-0.2, -0.15) is 0 Å². The molecule has 1 heterocycles. The van der Waals surface area contributed by atoms with E-state index >= 15 is 0 Å².